The predicted molar refractivity (Wildman–Crippen MR) is 64.4 cm³/mol. The van der Waals surface area contributed by atoms with Crippen molar-refractivity contribution in [1.29, 1.82) is 0 Å². The quantitative estimate of drug-likeness (QED) is 0.478. The van der Waals surface area contributed by atoms with Crippen LogP contribution in [0, 0.1) is 0 Å². The fraction of sp³-hybridized carbons (Fsp3) is 0.444. The number of hydrogen-bond donors (Lipinski definition) is 4. The lowest BCUT2D eigenvalue weighted by Crippen LogP contribution is -2.26. The van der Waals surface area contributed by atoms with Crippen molar-refractivity contribution in [1.82, 2.24) is 30.1 Å². The Morgan fingerprint density at radius 2 is 2.16 bits per heavy atom. The van der Waals surface area contributed by atoms with Crippen LogP contribution in [0.1, 0.15) is 17.8 Å². The van der Waals surface area contributed by atoms with E-state index in [4.69, 9.17) is 5.11 Å². The van der Waals surface area contributed by atoms with E-state index >= 15 is 0 Å². The smallest absolute Gasteiger partial charge is 0.257 e. The standard InChI is InChI=1S/C9H14N6O3S/c16-5-7-4-11-15-9(7)19(17,18)13-3-1-2-8-10-6-12-14-8/h4,6,13,16H,1-3,5H2,(H,11,15)(H,10,12,14). The van der Waals surface area contributed by atoms with Gasteiger partial charge < -0.3 is 5.11 Å². The molecule has 2 aromatic heterocycles. The van der Waals surface area contributed by atoms with E-state index in [0.29, 0.717) is 18.7 Å². The predicted octanol–water partition coefficient (Wildman–Crippen LogP) is -1.07. The number of aromatic nitrogens is 5. The zero-order valence-electron chi connectivity index (χ0n) is 10.00. The lowest BCUT2D eigenvalue weighted by Gasteiger charge is -2.05. The zero-order valence-corrected chi connectivity index (χ0v) is 10.8. The number of sulfonamides is 1. The molecule has 4 N–H and O–H groups in total. The molecule has 0 saturated carbocycles. The molecule has 0 spiro atoms. The molecule has 10 heteroatoms. The molecule has 0 aromatic carbocycles. The van der Waals surface area contributed by atoms with Crippen molar-refractivity contribution in [2.75, 3.05) is 6.54 Å². The number of nitrogens with zero attached hydrogens (tertiary/aromatic N) is 3. The third kappa shape index (κ3) is 3.36. The normalized spacial score (nSPS) is 11.8. The second kappa shape index (κ2) is 5.91. The Morgan fingerprint density at radius 3 is 2.84 bits per heavy atom. The van der Waals surface area contributed by atoms with E-state index in [1.165, 1.54) is 12.5 Å². The van der Waals surface area contributed by atoms with Gasteiger partial charge in [0.2, 0.25) is 0 Å². The first-order chi connectivity index (χ1) is 9.13. The fourth-order valence-electron chi connectivity index (χ4n) is 1.53. The van der Waals surface area contributed by atoms with Gasteiger partial charge in [-0.05, 0) is 6.42 Å². The molecule has 0 aliphatic heterocycles. The van der Waals surface area contributed by atoms with E-state index in [2.05, 4.69) is 30.1 Å². The van der Waals surface area contributed by atoms with Gasteiger partial charge in [-0.1, -0.05) is 0 Å². The SMILES string of the molecule is O=S(=O)(NCCCc1ncn[nH]1)c1[nH]ncc1CO. The van der Waals surface area contributed by atoms with E-state index < -0.39 is 10.0 Å². The van der Waals surface area contributed by atoms with Gasteiger partial charge in [0.15, 0.2) is 5.03 Å². The van der Waals surface area contributed by atoms with Crippen molar-refractivity contribution >= 4 is 10.0 Å². The van der Waals surface area contributed by atoms with Crippen LogP contribution >= 0.6 is 0 Å². The Kier molecular flexibility index (Phi) is 4.24. The van der Waals surface area contributed by atoms with Gasteiger partial charge in [0, 0.05) is 18.5 Å². The Balaban J connectivity index is 1.88. The van der Waals surface area contributed by atoms with Crippen molar-refractivity contribution < 1.29 is 13.5 Å². The number of aliphatic hydroxyl groups is 1. The molecule has 0 unspecified atom stereocenters. The third-order valence-corrected chi connectivity index (χ3v) is 3.94. The number of rotatable bonds is 7. The number of nitrogens with one attached hydrogen (secondary N) is 3. The first kappa shape index (κ1) is 13.6. The number of aromatic amines is 2. The van der Waals surface area contributed by atoms with Crippen molar-refractivity contribution in [2.45, 2.75) is 24.5 Å². The first-order valence-corrected chi connectivity index (χ1v) is 7.09. The van der Waals surface area contributed by atoms with Gasteiger partial charge in [-0.25, -0.2) is 18.1 Å². The van der Waals surface area contributed by atoms with Gasteiger partial charge in [0.25, 0.3) is 10.0 Å². The largest absolute Gasteiger partial charge is 0.392 e. The molecule has 0 aliphatic rings. The molecule has 0 radical (unpaired) electrons. The first-order valence-electron chi connectivity index (χ1n) is 5.60. The molecule has 0 bridgehead atoms. The van der Waals surface area contributed by atoms with Gasteiger partial charge in [-0.3, -0.25) is 10.2 Å². The van der Waals surface area contributed by atoms with Gasteiger partial charge >= 0.3 is 0 Å². The van der Waals surface area contributed by atoms with Crippen LogP contribution in [0.5, 0.6) is 0 Å². The molecule has 9 nitrogen and oxygen atoms in total. The van der Waals surface area contributed by atoms with Crippen LogP contribution in [0.15, 0.2) is 17.6 Å². The molecule has 2 aromatic rings. The molecule has 0 aliphatic carbocycles. The fourth-order valence-corrected chi connectivity index (χ4v) is 2.72. The summed E-state index contributed by atoms with van der Waals surface area (Å²) in [5.41, 5.74) is 0.239. The van der Waals surface area contributed by atoms with E-state index in [0.717, 1.165) is 0 Å². The molecule has 0 saturated heterocycles. The van der Waals surface area contributed by atoms with Crippen LogP contribution in [0.25, 0.3) is 0 Å². The minimum Gasteiger partial charge on any atom is -0.392 e. The number of hydrogen-bond acceptors (Lipinski definition) is 6. The van der Waals surface area contributed by atoms with Crippen LogP contribution in [0.2, 0.25) is 0 Å². The summed E-state index contributed by atoms with van der Waals surface area (Å²) in [5.74, 6) is 0.705. The van der Waals surface area contributed by atoms with E-state index in [1.807, 2.05) is 0 Å². The van der Waals surface area contributed by atoms with E-state index in [-0.39, 0.29) is 23.7 Å². The van der Waals surface area contributed by atoms with Crippen molar-refractivity contribution in [3.05, 3.63) is 23.9 Å². The van der Waals surface area contributed by atoms with Gasteiger partial charge in [-0.2, -0.15) is 10.2 Å². The van der Waals surface area contributed by atoms with Crippen LogP contribution in [0.3, 0.4) is 0 Å². The minimum absolute atomic E-state index is 0.102. The zero-order chi connectivity index (χ0) is 13.7. The molecular formula is C9H14N6O3S. The highest BCUT2D eigenvalue weighted by Gasteiger charge is 2.19. The molecule has 2 rings (SSSR count). The summed E-state index contributed by atoms with van der Waals surface area (Å²) in [7, 11) is -3.68. The van der Waals surface area contributed by atoms with Gasteiger partial charge in [-0.15, -0.1) is 0 Å². The van der Waals surface area contributed by atoms with E-state index in [1.54, 1.807) is 0 Å². The van der Waals surface area contributed by atoms with Crippen molar-refractivity contribution in [3.63, 3.8) is 0 Å². The maximum absolute atomic E-state index is 11.9. The Hall–Kier alpha value is -1.78. The van der Waals surface area contributed by atoms with Gasteiger partial charge in [0.1, 0.15) is 12.2 Å². The molecule has 0 atom stereocenters. The minimum atomic E-state index is -3.68. The number of H-pyrrole nitrogens is 2. The molecule has 0 amide bonds. The van der Waals surface area contributed by atoms with Crippen LogP contribution < -0.4 is 4.72 Å². The second-order valence-electron chi connectivity index (χ2n) is 3.82. The maximum Gasteiger partial charge on any atom is 0.257 e. The summed E-state index contributed by atoms with van der Waals surface area (Å²) in [6, 6.07) is 0. The average molecular weight is 286 g/mol. The lowest BCUT2D eigenvalue weighted by atomic mass is 10.3. The molecule has 0 fully saturated rings. The highest BCUT2D eigenvalue weighted by Crippen LogP contribution is 2.11. The van der Waals surface area contributed by atoms with Crippen LogP contribution in [0.4, 0.5) is 0 Å². The second-order valence-corrected chi connectivity index (χ2v) is 5.52. The van der Waals surface area contributed by atoms with E-state index in [9.17, 15) is 8.42 Å². The molecule has 104 valence electrons. The molecule has 19 heavy (non-hydrogen) atoms. The molecule has 2 heterocycles. The Bertz CT molecular complexity index is 606. The highest BCUT2D eigenvalue weighted by molar-refractivity contribution is 7.89. The van der Waals surface area contributed by atoms with Crippen molar-refractivity contribution in [2.24, 2.45) is 0 Å². The molecular weight excluding hydrogens is 272 g/mol. The Morgan fingerprint density at radius 1 is 1.32 bits per heavy atom. The van der Waals surface area contributed by atoms with Crippen LogP contribution in [-0.4, -0.2) is 45.4 Å². The maximum atomic E-state index is 11.9. The summed E-state index contributed by atoms with van der Waals surface area (Å²) < 4.78 is 26.2. The summed E-state index contributed by atoms with van der Waals surface area (Å²) in [5, 5.41) is 21.2. The Labute approximate surface area is 109 Å². The summed E-state index contributed by atoms with van der Waals surface area (Å²) in [6.07, 6.45) is 3.86. The summed E-state index contributed by atoms with van der Waals surface area (Å²) in [4.78, 5) is 3.93. The topological polar surface area (TPSA) is 137 Å². The van der Waals surface area contributed by atoms with Crippen LogP contribution in [-0.2, 0) is 23.1 Å². The monoisotopic (exact) mass is 286 g/mol. The lowest BCUT2D eigenvalue weighted by molar-refractivity contribution is 0.278. The highest BCUT2D eigenvalue weighted by atomic mass is 32.2. The summed E-state index contributed by atoms with van der Waals surface area (Å²) in [6.45, 7) is -0.127. The number of aryl methyl sites for hydroxylation is 1. The van der Waals surface area contributed by atoms with Crippen molar-refractivity contribution in [3.8, 4) is 0 Å². The average Bonchev–Trinajstić information content (AvgIpc) is 3.05. The number of aliphatic hydroxyl groups excluding tert-OH is 1. The van der Waals surface area contributed by atoms with Gasteiger partial charge in [0.05, 0.1) is 12.8 Å². The third-order valence-electron chi connectivity index (χ3n) is 2.46. The summed E-state index contributed by atoms with van der Waals surface area (Å²) >= 11 is 0.